The molecule has 0 saturated carbocycles. The molecular formula is C22H21NO5. The first-order valence-electron chi connectivity index (χ1n) is 8.75. The first-order chi connectivity index (χ1) is 13.5. The van der Waals surface area contributed by atoms with E-state index in [0.29, 0.717) is 17.2 Å². The summed E-state index contributed by atoms with van der Waals surface area (Å²) >= 11 is 0. The molecule has 3 aromatic rings. The van der Waals surface area contributed by atoms with Gasteiger partial charge in [0.1, 0.15) is 17.1 Å². The monoisotopic (exact) mass is 379 g/mol. The Labute approximate surface area is 163 Å². The quantitative estimate of drug-likeness (QED) is 0.654. The van der Waals surface area contributed by atoms with Crippen molar-refractivity contribution in [3.8, 4) is 11.5 Å². The first-order valence-corrected chi connectivity index (χ1v) is 8.75. The number of esters is 1. The maximum Gasteiger partial charge on any atom is 0.346 e. The standard InChI is InChI=1S/C22H21NO5/c1-14(28-22(25)20-18(26-2)9-6-10-19(20)27-3)21(24)23-17-12-11-15-7-4-5-8-16(15)13-17/h4-14H,1-3H3,(H,23,24)/t14-/m0/s1. The lowest BCUT2D eigenvalue weighted by atomic mass is 10.1. The van der Waals surface area contributed by atoms with Crippen molar-refractivity contribution in [1.82, 2.24) is 0 Å². The summed E-state index contributed by atoms with van der Waals surface area (Å²) in [6.45, 7) is 1.51. The van der Waals surface area contributed by atoms with Crippen LogP contribution in [0.3, 0.4) is 0 Å². The molecule has 3 rings (SSSR count). The van der Waals surface area contributed by atoms with Crippen LogP contribution in [0.4, 0.5) is 5.69 Å². The molecular weight excluding hydrogens is 358 g/mol. The molecule has 28 heavy (non-hydrogen) atoms. The summed E-state index contributed by atoms with van der Waals surface area (Å²) in [7, 11) is 2.89. The number of benzene rings is 3. The Kier molecular flexibility index (Phi) is 5.79. The largest absolute Gasteiger partial charge is 0.496 e. The van der Waals surface area contributed by atoms with Gasteiger partial charge < -0.3 is 19.5 Å². The number of fused-ring (bicyclic) bond motifs is 1. The van der Waals surface area contributed by atoms with E-state index in [1.807, 2.05) is 36.4 Å². The molecule has 0 heterocycles. The van der Waals surface area contributed by atoms with Crippen molar-refractivity contribution < 1.29 is 23.8 Å². The number of carbonyl (C=O) groups is 2. The maximum atomic E-state index is 12.6. The summed E-state index contributed by atoms with van der Waals surface area (Å²) in [6, 6.07) is 18.4. The van der Waals surface area contributed by atoms with Crippen molar-refractivity contribution in [2.45, 2.75) is 13.0 Å². The molecule has 0 radical (unpaired) electrons. The van der Waals surface area contributed by atoms with Gasteiger partial charge in [-0.2, -0.15) is 0 Å². The molecule has 6 nitrogen and oxygen atoms in total. The zero-order valence-electron chi connectivity index (χ0n) is 15.9. The Hall–Kier alpha value is -3.54. The van der Waals surface area contributed by atoms with Crippen molar-refractivity contribution in [3.63, 3.8) is 0 Å². The minimum absolute atomic E-state index is 0.137. The predicted octanol–water partition coefficient (Wildman–Crippen LogP) is 4.04. The highest BCUT2D eigenvalue weighted by atomic mass is 16.6. The van der Waals surface area contributed by atoms with Gasteiger partial charge in [0.2, 0.25) is 0 Å². The zero-order valence-corrected chi connectivity index (χ0v) is 15.9. The number of methoxy groups -OCH3 is 2. The van der Waals surface area contributed by atoms with Crippen molar-refractivity contribution in [3.05, 3.63) is 66.2 Å². The molecule has 1 N–H and O–H groups in total. The first kappa shape index (κ1) is 19.2. The molecule has 0 aliphatic carbocycles. The number of hydrogen-bond acceptors (Lipinski definition) is 5. The van der Waals surface area contributed by atoms with Crippen molar-refractivity contribution >= 4 is 28.3 Å². The lowest BCUT2D eigenvalue weighted by Gasteiger charge is -2.16. The topological polar surface area (TPSA) is 73.9 Å². The smallest absolute Gasteiger partial charge is 0.346 e. The number of carbonyl (C=O) groups excluding carboxylic acids is 2. The number of hydrogen-bond donors (Lipinski definition) is 1. The van der Waals surface area contributed by atoms with Crippen LogP contribution in [0.1, 0.15) is 17.3 Å². The molecule has 3 aromatic carbocycles. The number of nitrogens with one attached hydrogen (secondary N) is 1. The van der Waals surface area contributed by atoms with Crippen molar-refractivity contribution in [1.29, 1.82) is 0 Å². The highest BCUT2D eigenvalue weighted by Gasteiger charge is 2.24. The van der Waals surface area contributed by atoms with Gasteiger partial charge in [-0.25, -0.2) is 4.79 Å². The van der Waals surface area contributed by atoms with E-state index >= 15 is 0 Å². The van der Waals surface area contributed by atoms with E-state index in [4.69, 9.17) is 14.2 Å². The third-order valence-electron chi connectivity index (χ3n) is 4.30. The molecule has 1 atom stereocenters. The molecule has 144 valence electrons. The van der Waals surface area contributed by atoms with E-state index in [9.17, 15) is 9.59 Å². The highest BCUT2D eigenvalue weighted by molar-refractivity contribution is 6.00. The summed E-state index contributed by atoms with van der Waals surface area (Å²) in [5.74, 6) is -0.508. The van der Waals surface area contributed by atoms with Crippen LogP contribution in [-0.2, 0) is 9.53 Å². The second kappa shape index (κ2) is 8.43. The van der Waals surface area contributed by atoms with E-state index in [-0.39, 0.29) is 5.56 Å². The predicted molar refractivity (Wildman–Crippen MR) is 107 cm³/mol. The molecule has 0 fully saturated rings. The number of ether oxygens (including phenoxy) is 3. The Bertz CT molecular complexity index is 992. The van der Waals surface area contributed by atoms with Gasteiger partial charge in [0.25, 0.3) is 5.91 Å². The summed E-state index contributed by atoms with van der Waals surface area (Å²) in [5.41, 5.74) is 0.763. The average Bonchev–Trinajstić information content (AvgIpc) is 2.72. The van der Waals surface area contributed by atoms with Gasteiger partial charge in [-0.1, -0.05) is 36.4 Å². The van der Waals surface area contributed by atoms with Gasteiger partial charge in [-0.15, -0.1) is 0 Å². The van der Waals surface area contributed by atoms with E-state index in [1.165, 1.54) is 21.1 Å². The third-order valence-corrected chi connectivity index (χ3v) is 4.30. The Morgan fingerprint density at radius 3 is 2.14 bits per heavy atom. The average molecular weight is 379 g/mol. The molecule has 0 aromatic heterocycles. The fraction of sp³-hybridized carbons (Fsp3) is 0.182. The minimum Gasteiger partial charge on any atom is -0.496 e. The van der Waals surface area contributed by atoms with Crippen LogP contribution in [0.25, 0.3) is 10.8 Å². The summed E-state index contributed by atoms with van der Waals surface area (Å²) < 4.78 is 15.7. The van der Waals surface area contributed by atoms with Gasteiger partial charge in [-0.05, 0) is 42.0 Å². The van der Waals surface area contributed by atoms with Crippen LogP contribution in [0, 0.1) is 0 Å². The highest BCUT2D eigenvalue weighted by Crippen LogP contribution is 2.29. The van der Waals surface area contributed by atoms with E-state index < -0.39 is 18.0 Å². The van der Waals surface area contributed by atoms with Crippen LogP contribution in [0.15, 0.2) is 60.7 Å². The minimum atomic E-state index is -1.01. The van der Waals surface area contributed by atoms with E-state index in [0.717, 1.165) is 10.8 Å². The second-order valence-corrected chi connectivity index (χ2v) is 6.14. The van der Waals surface area contributed by atoms with Crippen LogP contribution in [-0.4, -0.2) is 32.2 Å². The van der Waals surface area contributed by atoms with Crippen LogP contribution in [0.2, 0.25) is 0 Å². The van der Waals surface area contributed by atoms with Gasteiger partial charge in [0.15, 0.2) is 6.10 Å². The molecule has 0 spiro atoms. The molecule has 6 heteroatoms. The Morgan fingerprint density at radius 1 is 0.857 bits per heavy atom. The van der Waals surface area contributed by atoms with Gasteiger partial charge in [0, 0.05) is 5.69 Å². The Morgan fingerprint density at radius 2 is 1.50 bits per heavy atom. The van der Waals surface area contributed by atoms with Crippen LogP contribution in [0.5, 0.6) is 11.5 Å². The molecule has 0 aliphatic heterocycles. The fourth-order valence-corrected chi connectivity index (χ4v) is 2.84. The molecule has 1 amide bonds. The van der Waals surface area contributed by atoms with Crippen LogP contribution >= 0.6 is 0 Å². The SMILES string of the molecule is COc1cccc(OC)c1C(=O)O[C@@H](C)C(=O)Nc1ccc2ccccc2c1. The number of rotatable bonds is 6. The van der Waals surface area contributed by atoms with Crippen molar-refractivity contribution in [2.75, 3.05) is 19.5 Å². The third kappa shape index (κ3) is 4.06. The molecule has 0 aliphatic rings. The molecule has 0 unspecified atom stereocenters. The molecule has 0 bridgehead atoms. The Balaban J connectivity index is 1.72. The van der Waals surface area contributed by atoms with Crippen molar-refractivity contribution in [2.24, 2.45) is 0 Å². The zero-order chi connectivity index (χ0) is 20.1. The summed E-state index contributed by atoms with van der Waals surface area (Å²) in [6.07, 6.45) is -1.01. The van der Waals surface area contributed by atoms with Gasteiger partial charge >= 0.3 is 5.97 Å². The fourth-order valence-electron chi connectivity index (χ4n) is 2.84. The van der Waals surface area contributed by atoms with Gasteiger partial charge in [-0.3, -0.25) is 4.79 Å². The summed E-state index contributed by atoms with van der Waals surface area (Å²) in [5, 5.41) is 4.85. The van der Waals surface area contributed by atoms with E-state index in [2.05, 4.69) is 5.32 Å². The van der Waals surface area contributed by atoms with E-state index in [1.54, 1.807) is 24.3 Å². The summed E-state index contributed by atoms with van der Waals surface area (Å²) in [4.78, 5) is 25.1. The normalized spacial score (nSPS) is 11.5. The maximum absolute atomic E-state index is 12.6. The van der Waals surface area contributed by atoms with Gasteiger partial charge in [0.05, 0.1) is 14.2 Å². The lowest BCUT2D eigenvalue weighted by molar-refractivity contribution is -0.123. The number of amides is 1. The molecule has 0 saturated heterocycles. The second-order valence-electron chi connectivity index (χ2n) is 6.14. The lowest BCUT2D eigenvalue weighted by Crippen LogP contribution is -2.30. The van der Waals surface area contributed by atoms with Crippen LogP contribution < -0.4 is 14.8 Å². The number of anilines is 1.